The van der Waals surface area contributed by atoms with Crippen LogP contribution in [0.4, 0.5) is 11.4 Å². The second-order valence-corrected chi connectivity index (χ2v) is 12.3. The Morgan fingerprint density at radius 1 is 1.16 bits per heavy atom. The van der Waals surface area contributed by atoms with Crippen molar-refractivity contribution in [2.45, 2.75) is 91.0 Å². The minimum absolute atomic E-state index is 0.0597. The van der Waals surface area contributed by atoms with Crippen LogP contribution < -0.4 is 9.80 Å². The molecule has 0 saturated carbocycles. The number of esters is 1. The van der Waals surface area contributed by atoms with Crippen molar-refractivity contribution in [3.8, 4) is 0 Å². The molecular weight excluding hydrogens is 562 g/mol. The van der Waals surface area contributed by atoms with Gasteiger partial charge in [-0.3, -0.25) is 24.1 Å². The number of ether oxygens (including phenoxy) is 1. The van der Waals surface area contributed by atoms with Crippen molar-refractivity contribution in [1.82, 2.24) is 4.90 Å². The summed E-state index contributed by atoms with van der Waals surface area (Å²) in [5.41, 5.74) is 1.71. The second-order valence-electron chi connectivity index (χ2n) is 12.3. The van der Waals surface area contributed by atoms with Crippen LogP contribution in [0.1, 0.15) is 78.7 Å². The summed E-state index contributed by atoms with van der Waals surface area (Å²) in [4.78, 5) is 55.5. The lowest BCUT2D eigenvalue weighted by atomic mass is 9.82. The average Bonchev–Trinajstić information content (AvgIpc) is 3.52. The fourth-order valence-corrected chi connectivity index (χ4v) is 6.17. The van der Waals surface area contributed by atoms with Crippen LogP contribution in [0.2, 0.25) is 0 Å². The van der Waals surface area contributed by atoms with Gasteiger partial charge in [0.2, 0.25) is 11.8 Å². The van der Waals surface area contributed by atoms with Crippen molar-refractivity contribution >= 4 is 35.1 Å². The van der Waals surface area contributed by atoms with Gasteiger partial charge in [-0.05, 0) is 64.7 Å². The number of aliphatic hydroxyl groups is 2. The van der Waals surface area contributed by atoms with E-state index >= 15 is 0 Å². The summed E-state index contributed by atoms with van der Waals surface area (Å²) < 4.78 is 5.28. The van der Waals surface area contributed by atoms with Gasteiger partial charge in [0.25, 0.3) is 5.91 Å². The quantitative estimate of drug-likeness (QED) is 0.208. The number of anilines is 2. The molecule has 0 bridgehead atoms. The van der Waals surface area contributed by atoms with Crippen molar-refractivity contribution in [2.75, 3.05) is 29.5 Å². The topological polar surface area (TPSA) is 128 Å². The number of likely N-dealkylation sites (tertiary alicyclic amines) is 1. The highest BCUT2D eigenvalue weighted by Gasteiger charge is 2.53. The highest BCUT2D eigenvalue weighted by atomic mass is 16.6. The van der Waals surface area contributed by atoms with E-state index in [-0.39, 0.29) is 43.8 Å². The van der Waals surface area contributed by atoms with E-state index in [1.54, 1.807) is 47.1 Å². The van der Waals surface area contributed by atoms with Crippen LogP contribution >= 0.6 is 0 Å². The number of benzene rings is 1. The molecule has 238 valence electrons. The van der Waals surface area contributed by atoms with Gasteiger partial charge in [-0.15, -0.1) is 0 Å². The zero-order valence-electron chi connectivity index (χ0n) is 26.4. The Labute approximate surface area is 259 Å². The van der Waals surface area contributed by atoms with E-state index in [0.717, 1.165) is 31.3 Å². The van der Waals surface area contributed by atoms with Crippen molar-refractivity contribution in [2.24, 2.45) is 5.92 Å². The predicted molar refractivity (Wildman–Crippen MR) is 168 cm³/mol. The minimum Gasteiger partial charge on any atom is -0.441 e. The van der Waals surface area contributed by atoms with Crippen LogP contribution in [-0.2, 0) is 29.5 Å². The SMILES string of the molecule is CC(=O)OC1CC(=O)N1c1ccc2c(c1)[C@](O)([C@@H](C)/C=C/CC(=O)N1CCC[C@H]1CO)C(=O)N2C/C=C(\C)CCC=C(C)C. The molecule has 2 N–H and O–H groups in total. The van der Waals surface area contributed by atoms with Crippen molar-refractivity contribution < 1.29 is 34.1 Å². The van der Waals surface area contributed by atoms with Crippen molar-refractivity contribution in [1.29, 1.82) is 0 Å². The molecule has 0 spiro atoms. The molecule has 10 nitrogen and oxygen atoms in total. The van der Waals surface area contributed by atoms with Gasteiger partial charge < -0.3 is 24.7 Å². The van der Waals surface area contributed by atoms with Crippen LogP contribution in [0.5, 0.6) is 0 Å². The first-order chi connectivity index (χ1) is 20.9. The Bertz CT molecular complexity index is 1380. The molecule has 3 aliphatic rings. The Morgan fingerprint density at radius 3 is 2.57 bits per heavy atom. The lowest BCUT2D eigenvalue weighted by Gasteiger charge is -2.39. The number of carbonyl (C=O) groups is 4. The Hall–Kier alpha value is -3.76. The second kappa shape index (κ2) is 13.9. The normalized spacial score (nSPS) is 24.1. The fourth-order valence-electron chi connectivity index (χ4n) is 6.17. The summed E-state index contributed by atoms with van der Waals surface area (Å²) in [6.07, 6.45) is 10.3. The number of hydrogen-bond acceptors (Lipinski definition) is 7. The average molecular weight is 608 g/mol. The number of amides is 3. The molecule has 10 heteroatoms. The summed E-state index contributed by atoms with van der Waals surface area (Å²) in [5, 5.41) is 21.7. The molecule has 0 aromatic heterocycles. The van der Waals surface area contributed by atoms with E-state index in [4.69, 9.17) is 4.74 Å². The van der Waals surface area contributed by atoms with Crippen LogP contribution in [-0.4, -0.2) is 70.8 Å². The molecule has 3 aliphatic heterocycles. The van der Waals surface area contributed by atoms with Gasteiger partial charge in [0, 0.05) is 43.6 Å². The first-order valence-corrected chi connectivity index (χ1v) is 15.4. The molecule has 2 fully saturated rings. The number of carbonyl (C=O) groups excluding carboxylic acids is 4. The lowest BCUT2D eigenvalue weighted by Crippen LogP contribution is -2.55. The lowest BCUT2D eigenvalue weighted by molar-refractivity contribution is -0.154. The number of fused-ring (bicyclic) bond motifs is 1. The number of rotatable bonds is 12. The molecule has 0 radical (unpaired) electrons. The molecule has 1 aromatic carbocycles. The number of aliphatic hydroxyl groups excluding tert-OH is 1. The third-order valence-corrected chi connectivity index (χ3v) is 8.74. The molecule has 4 rings (SSSR count). The van der Waals surface area contributed by atoms with Gasteiger partial charge in [-0.1, -0.05) is 42.4 Å². The van der Waals surface area contributed by atoms with Crippen LogP contribution in [0.15, 0.2) is 53.6 Å². The highest BCUT2D eigenvalue weighted by molar-refractivity contribution is 6.09. The molecule has 3 heterocycles. The van der Waals surface area contributed by atoms with E-state index in [1.807, 2.05) is 13.0 Å². The van der Waals surface area contributed by atoms with Crippen molar-refractivity contribution in [3.05, 3.63) is 59.2 Å². The number of β-lactam (4-membered cyclic amide) rings is 1. The smallest absolute Gasteiger partial charge is 0.304 e. The molecular formula is C34H45N3O7. The van der Waals surface area contributed by atoms with E-state index in [1.165, 1.54) is 17.4 Å². The van der Waals surface area contributed by atoms with Crippen LogP contribution in [0.3, 0.4) is 0 Å². The van der Waals surface area contributed by atoms with Gasteiger partial charge >= 0.3 is 5.97 Å². The zero-order chi connectivity index (χ0) is 32.2. The number of nitrogens with zero attached hydrogens (tertiary/aromatic N) is 3. The van der Waals surface area contributed by atoms with Gasteiger partial charge in [0.15, 0.2) is 11.8 Å². The number of hydrogen-bond donors (Lipinski definition) is 2. The molecule has 2 saturated heterocycles. The molecule has 3 amide bonds. The first kappa shape index (κ1) is 33.1. The largest absolute Gasteiger partial charge is 0.441 e. The monoisotopic (exact) mass is 607 g/mol. The highest BCUT2D eigenvalue weighted by Crippen LogP contribution is 2.47. The maximum absolute atomic E-state index is 14.0. The predicted octanol–water partition coefficient (Wildman–Crippen LogP) is 4.11. The Kier molecular flexibility index (Phi) is 10.5. The first-order valence-electron chi connectivity index (χ1n) is 15.4. The maximum atomic E-state index is 14.0. The molecule has 1 aromatic rings. The summed E-state index contributed by atoms with van der Waals surface area (Å²) in [5.74, 6) is -2.06. The number of allylic oxidation sites excluding steroid dienone is 3. The molecule has 44 heavy (non-hydrogen) atoms. The maximum Gasteiger partial charge on any atom is 0.304 e. The van der Waals surface area contributed by atoms with Crippen LogP contribution in [0, 0.1) is 5.92 Å². The van der Waals surface area contributed by atoms with Gasteiger partial charge in [0.05, 0.1) is 24.8 Å². The third-order valence-electron chi connectivity index (χ3n) is 8.74. The fraction of sp³-hybridized carbons (Fsp3) is 0.529. The van der Waals surface area contributed by atoms with Gasteiger partial charge in [0.1, 0.15) is 0 Å². The van der Waals surface area contributed by atoms with E-state index in [2.05, 4.69) is 19.9 Å². The molecule has 0 aliphatic carbocycles. The zero-order valence-corrected chi connectivity index (χ0v) is 26.4. The van der Waals surface area contributed by atoms with Crippen LogP contribution in [0.25, 0.3) is 0 Å². The third kappa shape index (κ3) is 6.81. The van der Waals surface area contributed by atoms with Gasteiger partial charge in [-0.2, -0.15) is 0 Å². The molecule has 4 atom stereocenters. The Morgan fingerprint density at radius 2 is 1.91 bits per heavy atom. The standard InChI is InChI=1S/C34H45N3O7/c1-22(2)9-6-10-23(3)16-18-36-29-15-14-26(37-31(41)20-32(37)44-25(5)39)19-28(29)34(43,33(36)42)24(4)11-7-13-30(40)35-17-8-12-27(35)21-38/h7,9,11,14-16,19,24,27,32,38,43H,6,8,10,12-13,17-18,20-21H2,1-5H3/b11-7+,23-16+/t24-,27-,32?,34+/m0/s1. The summed E-state index contributed by atoms with van der Waals surface area (Å²) in [6.45, 7) is 9.92. The van der Waals surface area contributed by atoms with E-state index in [0.29, 0.717) is 23.5 Å². The molecule has 1 unspecified atom stereocenters. The van der Waals surface area contributed by atoms with E-state index in [9.17, 15) is 29.4 Å². The summed E-state index contributed by atoms with van der Waals surface area (Å²) >= 11 is 0. The minimum atomic E-state index is -1.96. The summed E-state index contributed by atoms with van der Waals surface area (Å²) in [7, 11) is 0. The van der Waals surface area contributed by atoms with E-state index < -0.39 is 29.6 Å². The van der Waals surface area contributed by atoms with Crippen molar-refractivity contribution in [3.63, 3.8) is 0 Å². The Balaban J connectivity index is 1.62. The van der Waals surface area contributed by atoms with Gasteiger partial charge in [-0.25, -0.2) is 0 Å². The summed E-state index contributed by atoms with van der Waals surface area (Å²) in [6, 6.07) is 4.85.